The van der Waals surface area contributed by atoms with Crippen LogP contribution in [0.3, 0.4) is 0 Å². The van der Waals surface area contributed by atoms with Gasteiger partial charge in [-0.15, -0.1) is 0 Å². The van der Waals surface area contributed by atoms with Gasteiger partial charge in [-0.2, -0.15) is 0 Å². The average molecular weight is 284 g/mol. The van der Waals surface area contributed by atoms with E-state index in [-0.39, 0.29) is 5.75 Å². The molecule has 0 spiro atoms. The molecule has 1 heterocycles. The highest BCUT2D eigenvalue weighted by atomic mass is 35.5. The molecule has 0 aliphatic carbocycles. The van der Waals surface area contributed by atoms with E-state index >= 15 is 0 Å². The van der Waals surface area contributed by atoms with E-state index in [9.17, 15) is 5.11 Å². The molecule has 0 amide bonds. The first-order chi connectivity index (χ1) is 9.20. The number of hydrogen-bond donors (Lipinski definition) is 1. The van der Waals surface area contributed by atoms with Crippen LogP contribution in [-0.2, 0) is 11.3 Å². The maximum Gasteiger partial charge on any atom is 0.138 e. The van der Waals surface area contributed by atoms with Crippen LogP contribution < -0.4 is 0 Å². The second kappa shape index (κ2) is 7.13. The molecule has 19 heavy (non-hydrogen) atoms. The molecule has 1 N–H and O–H groups in total. The van der Waals surface area contributed by atoms with Crippen molar-refractivity contribution in [1.82, 2.24) is 4.90 Å². The maximum absolute atomic E-state index is 9.95. The van der Waals surface area contributed by atoms with E-state index in [0.717, 1.165) is 51.1 Å². The van der Waals surface area contributed by atoms with Crippen molar-refractivity contribution in [2.75, 3.05) is 19.7 Å². The zero-order chi connectivity index (χ0) is 13.7. The van der Waals surface area contributed by atoms with E-state index in [1.54, 1.807) is 6.07 Å². The lowest BCUT2D eigenvalue weighted by atomic mass is 10.1. The summed E-state index contributed by atoms with van der Waals surface area (Å²) < 4.78 is 5.82. The lowest BCUT2D eigenvalue weighted by Crippen LogP contribution is -2.39. The van der Waals surface area contributed by atoms with E-state index in [1.807, 2.05) is 12.1 Å². The predicted octanol–water partition coefficient (Wildman–Crippen LogP) is 3.44. The Hall–Kier alpha value is -0.770. The largest absolute Gasteiger partial charge is 0.506 e. The molecule has 4 heteroatoms. The molecule has 3 nitrogen and oxygen atoms in total. The molecule has 1 aliphatic rings. The molecule has 106 valence electrons. The fourth-order valence-electron chi connectivity index (χ4n) is 2.51. The normalized spacial score (nSPS) is 20.6. The topological polar surface area (TPSA) is 32.7 Å². The highest BCUT2D eigenvalue weighted by Gasteiger charge is 2.21. The number of hydrogen-bond acceptors (Lipinski definition) is 3. The standard InChI is InChI=1S/C15H22ClNO2/c1-2-9-19-13-6-4-8-17(11-13)10-12-5-3-7-14(16)15(12)18/h3,5,7,13,18H,2,4,6,8-11H2,1H3. The van der Waals surface area contributed by atoms with Gasteiger partial charge in [0, 0.05) is 25.3 Å². The van der Waals surface area contributed by atoms with Crippen LogP contribution in [-0.4, -0.2) is 35.8 Å². The number of ether oxygens (including phenoxy) is 1. The molecule has 1 aliphatic heterocycles. The lowest BCUT2D eigenvalue weighted by Gasteiger charge is -2.32. The number of piperidine rings is 1. The third kappa shape index (κ3) is 4.10. The van der Waals surface area contributed by atoms with Gasteiger partial charge in [-0.3, -0.25) is 4.90 Å². The zero-order valence-corrected chi connectivity index (χ0v) is 12.2. The Kier molecular flexibility index (Phi) is 5.49. The molecular formula is C15H22ClNO2. The molecule has 1 aromatic rings. The molecule has 2 rings (SSSR count). The van der Waals surface area contributed by atoms with Crippen LogP contribution in [0, 0.1) is 0 Å². The highest BCUT2D eigenvalue weighted by Crippen LogP contribution is 2.28. The van der Waals surface area contributed by atoms with Crippen LogP contribution in [0.25, 0.3) is 0 Å². The smallest absolute Gasteiger partial charge is 0.138 e. The van der Waals surface area contributed by atoms with E-state index < -0.39 is 0 Å². The third-order valence-corrected chi connectivity index (χ3v) is 3.79. The van der Waals surface area contributed by atoms with Crippen molar-refractivity contribution < 1.29 is 9.84 Å². The van der Waals surface area contributed by atoms with Gasteiger partial charge in [0.15, 0.2) is 0 Å². The molecule has 1 atom stereocenters. The predicted molar refractivity (Wildman–Crippen MR) is 77.7 cm³/mol. The van der Waals surface area contributed by atoms with Gasteiger partial charge in [-0.1, -0.05) is 30.7 Å². The summed E-state index contributed by atoms with van der Waals surface area (Å²) >= 11 is 5.94. The summed E-state index contributed by atoms with van der Waals surface area (Å²) in [5.74, 6) is 0.209. The molecule has 1 fully saturated rings. The zero-order valence-electron chi connectivity index (χ0n) is 11.4. The van der Waals surface area contributed by atoms with Crippen molar-refractivity contribution in [2.45, 2.75) is 38.8 Å². The average Bonchev–Trinajstić information content (AvgIpc) is 2.42. The molecule has 0 saturated carbocycles. The fraction of sp³-hybridized carbons (Fsp3) is 0.600. The maximum atomic E-state index is 9.95. The van der Waals surface area contributed by atoms with Crippen molar-refractivity contribution in [3.05, 3.63) is 28.8 Å². The minimum atomic E-state index is 0.209. The fourth-order valence-corrected chi connectivity index (χ4v) is 2.70. The van der Waals surface area contributed by atoms with E-state index in [2.05, 4.69) is 11.8 Å². The first-order valence-corrected chi connectivity index (χ1v) is 7.38. The Morgan fingerprint density at radius 1 is 1.47 bits per heavy atom. The number of phenolic OH excluding ortho intramolecular Hbond substituents is 1. The van der Waals surface area contributed by atoms with Gasteiger partial charge >= 0.3 is 0 Å². The van der Waals surface area contributed by atoms with E-state index in [1.165, 1.54) is 0 Å². The number of nitrogens with zero attached hydrogens (tertiary/aromatic N) is 1. The molecular weight excluding hydrogens is 262 g/mol. The van der Waals surface area contributed by atoms with Crippen molar-refractivity contribution in [1.29, 1.82) is 0 Å². The molecule has 0 radical (unpaired) electrons. The summed E-state index contributed by atoms with van der Waals surface area (Å²) in [5, 5.41) is 10.4. The van der Waals surface area contributed by atoms with Crippen molar-refractivity contribution in [3.8, 4) is 5.75 Å². The van der Waals surface area contributed by atoms with Crippen LogP contribution in [0.4, 0.5) is 0 Å². The molecule has 1 unspecified atom stereocenters. The van der Waals surface area contributed by atoms with Crippen molar-refractivity contribution >= 4 is 11.6 Å². The van der Waals surface area contributed by atoms with Crippen LogP contribution in [0.1, 0.15) is 31.7 Å². The number of halogens is 1. The minimum Gasteiger partial charge on any atom is -0.506 e. The summed E-state index contributed by atoms with van der Waals surface area (Å²) in [6.07, 6.45) is 3.68. The van der Waals surface area contributed by atoms with Crippen molar-refractivity contribution in [3.63, 3.8) is 0 Å². The van der Waals surface area contributed by atoms with Crippen molar-refractivity contribution in [2.24, 2.45) is 0 Å². The molecule has 0 bridgehead atoms. The number of phenols is 1. The summed E-state index contributed by atoms with van der Waals surface area (Å²) in [5.41, 5.74) is 0.892. The van der Waals surface area contributed by atoms with Gasteiger partial charge < -0.3 is 9.84 Å². The summed E-state index contributed by atoms with van der Waals surface area (Å²) in [7, 11) is 0. The Labute approximate surface area is 120 Å². The van der Waals surface area contributed by atoms with Crippen LogP contribution in [0.5, 0.6) is 5.75 Å². The quantitative estimate of drug-likeness (QED) is 0.898. The third-order valence-electron chi connectivity index (χ3n) is 3.48. The second-order valence-corrected chi connectivity index (χ2v) is 5.52. The Morgan fingerprint density at radius 3 is 3.11 bits per heavy atom. The number of para-hydroxylation sites is 1. The first-order valence-electron chi connectivity index (χ1n) is 7.01. The number of aromatic hydroxyl groups is 1. The monoisotopic (exact) mass is 283 g/mol. The van der Waals surface area contributed by atoms with E-state index in [4.69, 9.17) is 16.3 Å². The van der Waals surface area contributed by atoms with Gasteiger partial charge in [-0.25, -0.2) is 0 Å². The summed E-state index contributed by atoms with van der Waals surface area (Å²) in [6, 6.07) is 5.52. The highest BCUT2D eigenvalue weighted by molar-refractivity contribution is 6.32. The Morgan fingerprint density at radius 2 is 2.32 bits per heavy atom. The molecule has 1 aromatic carbocycles. The van der Waals surface area contributed by atoms with E-state index in [0.29, 0.717) is 11.1 Å². The van der Waals surface area contributed by atoms with Gasteiger partial charge in [0.05, 0.1) is 11.1 Å². The molecule has 0 aromatic heterocycles. The summed E-state index contributed by atoms with van der Waals surface area (Å²) in [6.45, 7) is 5.69. The van der Waals surface area contributed by atoms with Gasteiger partial charge in [0.2, 0.25) is 0 Å². The van der Waals surface area contributed by atoms with Crippen LogP contribution in [0.15, 0.2) is 18.2 Å². The van der Waals surface area contributed by atoms with Gasteiger partial charge in [0.1, 0.15) is 5.75 Å². The molecule has 1 saturated heterocycles. The van der Waals surface area contributed by atoms with Crippen LogP contribution in [0.2, 0.25) is 5.02 Å². The van der Waals surface area contributed by atoms with Crippen LogP contribution >= 0.6 is 11.6 Å². The summed E-state index contributed by atoms with van der Waals surface area (Å²) in [4.78, 5) is 2.33. The number of likely N-dealkylation sites (tertiary alicyclic amines) is 1. The number of rotatable bonds is 5. The minimum absolute atomic E-state index is 0.209. The Balaban J connectivity index is 1.93. The number of benzene rings is 1. The first kappa shape index (κ1) is 14.6. The van der Waals surface area contributed by atoms with Gasteiger partial charge in [-0.05, 0) is 31.9 Å². The second-order valence-electron chi connectivity index (χ2n) is 5.12. The Bertz CT molecular complexity index is 411. The van der Waals surface area contributed by atoms with Gasteiger partial charge in [0.25, 0.3) is 0 Å². The SMILES string of the molecule is CCCOC1CCCN(Cc2cccc(Cl)c2O)C1. The lowest BCUT2D eigenvalue weighted by molar-refractivity contribution is -0.00238.